The topological polar surface area (TPSA) is 102 Å². The Hall–Kier alpha value is -2.65. The summed E-state index contributed by atoms with van der Waals surface area (Å²) < 4.78 is 35.8. The summed E-state index contributed by atoms with van der Waals surface area (Å²) in [6.07, 6.45) is 8.26. The number of carbonyl (C=O) groups is 1. The van der Waals surface area contributed by atoms with Crippen molar-refractivity contribution in [1.29, 1.82) is 0 Å². The number of hydrogen-bond acceptors (Lipinski definition) is 5. The number of ether oxygens (including phenoxy) is 1. The second-order valence-corrected chi connectivity index (χ2v) is 10.9. The third-order valence-electron chi connectivity index (χ3n) is 6.06. The monoisotopic (exact) mass is 459 g/mol. The van der Waals surface area contributed by atoms with Crippen molar-refractivity contribution in [3.05, 3.63) is 53.6 Å². The molecule has 9 heteroatoms. The van der Waals surface area contributed by atoms with Gasteiger partial charge in [0.25, 0.3) is 0 Å². The third-order valence-corrected chi connectivity index (χ3v) is 8.40. The predicted molar refractivity (Wildman–Crippen MR) is 122 cm³/mol. The van der Waals surface area contributed by atoms with Gasteiger partial charge >= 0.3 is 5.97 Å². The number of allylic oxidation sites excluding steroid dienone is 2. The van der Waals surface area contributed by atoms with Gasteiger partial charge in [-0.1, -0.05) is 0 Å². The number of hydrogen-bond donors (Lipinski definition) is 1. The van der Waals surface area contributed by atoms with Crippen LogP contribution in [0.3, 0.4) is 0 Å². The maximum atomic E-state index is 13.4. The number of nitrogens with zero attached hydrogens (tertiary/aromatic N) is 3. The number of aliphatic carboxylic acids is 1. The van der Waals surface area contributed by atoms with E-state index in [1.54, 1.807) is 15.1 Å². The molecule has 2 aromatic heterocycles. The van der Waals surface area contributed by atoms with Gasteiger partial charge in [-0.05, 0) is 69.0 Å². The van der Waals surface area contributed by atoms with E-state index in [1.165, 1.54) is 0 Å². The average molecular weight is 460 g/mol. The standard InChI is InChI=1S/C23H29N3O5S/c1-15(2)31-18-6-7-21(16(3)11-18)32(29,30)26-10-8-17(12-26)20-13-25(14-22(27)28)23-19(20)5-4-9-24-23/h4-6,9,11,13,15,17,21H,7-8,10,12,14H2,1-3H3,(H,27,28). The lowest BCUT2D eigenvalue weighted by Crippen LogP contribution is -2.38. The minimum absolute atomic E-state index is 0.00484. The van der Waals surface area contributed by atoms with Crippen LogP contribution in [0.15, 0.2) is 48.0 Å². The van der Waals surface area contributed by atoms with Crippen LogP contribution in [0.2, 0.25) is 0 Å². The number of aromatic nitrogens is 2. The molecular weight excluding hydrogens is 430 g/mol. The van der Waals surface area contributed by atoms with Crippen molar-refractivity contribution in [3.63, 3.8) is 0 Å². The first-order valence-electron chi connectivity index (χ1n) is 10.9. The Kier molecular flexibility index (Phi) is 6.13. The molecule has 0 amide bonds. The van der Waals surface area contributed by atoms with Crippen LogP contribution in [0.25, 0.3) is 11.0 Å². The molecule has 3 heterocycles. The highest BCUT2D eigenvalue weighted by molar-refractivity contribution is 7.90. The molecule has 0 aromatic carbocycles. The number of carboxylic acids is 1. The molecule has 2 aromatic rings. The molecule has 32 heavy (non-hydrogen) atoms. The molecule has 1 aliphatic heterocycles. The lowest BCUT2D eigenvalue weighted by atomic mass is 9.99. The quantitative estimate of drug-likeness (QED) is 0.682. The molecule has 8 nitrogen and oxygen atoms in total. The van der Waals surface area contributed by atoms with E-state index < -0.39 is 21.2 Å². The van der Waals surface area contributed by atoms with Crippen LogP contribution in [-0.4, -0.2) is 57.8 Å². The van der Waals surface area contributed by atoms with Crippen LogP contribution in [0.4, 0.5) is 0 Å². The summed E-state index contributed by atoms with van der Waals surface area (Å²) >= 11 is 0. The van der Waals surface area contributed by atoms with Crippen molar-refractivity contribution in [3.8, 4) is 0 Å². The van der Waals surface area contributed by atoms with Gasteiger partial charge in [-0.25, -0.2) is 17.7 Å². The van der Waals surface area contributed by atoms with Crippen LogP contribution >= 0.6 is 0 Å². The zero-order valence-electron chi connectivity index (χ0n) is 18.6. The molecule has 1 aliphatic carbocycles. The first-order chi connectivity index (χ1) is 15.2. The van der Waals surface area contributed by atoms with Crippen LogP contribution in [0, 0.1) is 0 Å². The van der Waals surface area contributed by atoms with Crippen molar-refractivity contribution >= 4 is 27.0 Å². The van der Waals surface area contributed by atoms with Crippen LogP contribution in [0.5, 0.6) is 0 Å². The van der Waals surface area contributed by atoms with Crippen molar-refractivity contribution in [2.75, 3.05) is 13.1 Å². The fraction of sp³-hybridized carbons (Fsp3) is 0.478. The molecule has 4 rings (SSSR count). The van der Waals surface area contributed by atoms with Crippen LogP contribution in [0.1, 0.15) is 45.1 Å². The summed E-state index contributed by atoms with van der Waals surface area (Å²) in [5, 5.41) is 9.52. The zero-order chi connectivity index (χ0) is 23.0. The highest BCUT2D eigenvalue weighted by atomic mass is 32.2. The van der Waals surface area contributed by atoms with Gasteiger partial charge in [0.15, 0.2) is 0 Å². The highest BCUT2D eigenvalue weighted by Gasteiger charge is 2.39. The van der Waals surface area contributed by atoms with E-state index >= 15 is 0 Å². The number of pyridine rings is 1. The second kappa shape index (κ2) is 8.71. The molecule has 1 saturated heterocycles. The molecule has 1 fully saturated rings. The van der Waals surface area contributed by atoms with Gasteiger partial charge in [0.1, 0.15) is 23.2 Å². The van der Waals surface area contributed by atoms with Crippen LogP contribution in [-0.2, 0) is 26.1 Å². The van der Waals surface area contributed by atoms with Gasteiger partial charge in [0.2, 0.25) is 10.0 Å². The first-order valence-corrected chi connectivity index (χ1v) is 12.4. The summed E-state index contributed by atoms with van der Waals surface area (Å²) in [4.78, 5) is 15.6. The molecule has 2 aliphatic rings. The fourth-order valence-corrected chi connectivity index (χ4v) is 6.62. The SMILES string of the molecule is CC1=CC(OC(C)C)=CCC1S(=O)(=O)N1CCC(c2cn(CC(=O)O)c3ncccc23)C1. The Bertz CT molecular complexity index is 1200. The van der Waals surface area contributed by atoms with Gasteiger partial charge in [0, 0.05) is 36.8 Å². The largest absolute Gasteiger partial charge is 0.491 e. The predicted octanol–water partition coefficient (Wildman–Crippen LogP) is 3.27. The smallest absolute Gasteiger partial charge is 0.323 e. The number of carboxylic acid groups (broad SMARTS) is 1. The van der Waals surface area contributed by atoms with Crippen molar-refractivity contribution < 1.29 is 23.1 Å². The van der Waals surface area contributed by atoms with Gasteiger partial charge < -0.3 is 14.4 Å². The summed E-state index contributed by atoms with van der Waals surface area (Å²) in [7, 11) is -3.52. The molecule has 172 valence electrons. The Labute approximate surface area is 188 Å². The molecule has 0 saturated carbocycles. The minimum Gasteiger partial charge on any atom is -0.491 e. The van der Waals surface area contributed by atoms with E-state index in [9.17, 15) is 18.3 Å². The van der Waals surface area contributed by atoms with E-state index in [1.807, 2.05) is 51.3 Å². The molecular formula is C23H29N3O5S. The molecule has 0 radical (unpaired) electrons. The minimum atomic E-state index is -3.52. The van der Waals surface area contributed by atoms with E-state index in [-0.39, 0.29) is 18.6 Å². The van der Waals surface area contributed by atoms with Gasteiger partial charge in [-0.3, -0.25) is 4.79 Å². The Morgan fingerprint density at radius 3 is 2.84 bits per heavy atom. The Morgan fingerprint density at radius 2 is 2.16 bits per heavy atom. The maximum Gasteiger partial charge on any atom is 0.323 e. The Balaban J connectivity index is 1.55. The number of sulfonamides is 1. The first kappa shape index (κ1) is 22.5. The summed E-state index contributed by atoms with van der Waals surface area (Å²) in [5.41, 5.74) is 2.35. The van der Waals surface area contributed by atoms with Gasteiger partial charge in [-0.15, -0.1) is 0 Å². The van der Waals surface area contributed by atoms with Crippen LogP contribution < -0.4 is 0 Å². The molecule has 2 atom stereocenters. The lowest BCUT2D eigenvalue weighted by Gasteiger charge is -2.27. The summed E-state index contributed by atoms with van der Waals surface area (Å²) in [6, 6.07) is 3.74. The maximum absolute atomic E-state index is 13.4. The van der Waals surface area contributed by atoms with Crippen molar-refractivity contribution in [2.24, 2.45) is 0 Å². The normalized spacial score (nSPS) is 22.2. The fourth-order valence-electron chi connectivity index (χ4n) is 4.63. The third kappa shape index (κ3) is 4.31. The molecule has 1 N–H and O–H groups in total. The molecule has 0 spiro atoms. The average Bonchev–Trinajstić information content (AvgIpc) is 3.33. The second-order valence-electron chi connectivity index (χ2n) is 8.76. The van der Waals surface area contributed by atoms with Gasteiger partial charge in [0.05, 0.1) is 6.10 Å². The van der Waals surface area contributed by atoms with E-state index in [4.69, 9.17) is 4.74 Å². The van der Waals surface area contributed by atoms with Crippen molar-refractivity contribution in [2.45, 2.75) is 57.4 Å². The van der Waals surface area contributed by atoms with Gasteiger partial charge in [-0.2, -0.15) is 0 Å². The summed E-state index contributed by atoms with van der Waals surface area (Å²) in [5.74, 6) is -0.222. The summed E-state index contributed by atoms with van der Waals surface area (Å²) in [6.45, 7) is 6.38. The highest BCUT2D eigenvalue weighted by Crippen LogP contribution is 2.36. The molecule has 2 unspecified atom stereocenters. The van der Waals surface area contributed by atoms with E-state index in [0.717, 1.165) is 22.3 Å². The number of fused-ring (bicyclic) bond motifs is 1. The van der Waals surface area contributed by atoms with E-state index in [0.29, 0.717) is 31.6 Å². The van der Waals surface area contributed by atoms with E-state index in [2.05, 4.69) is 4.98 Å². The lowest BCUT2D eigenvalue weighted by molar-refractivity contribution is -0.137. The Morgan fingerprint density at radius 1 is 1.38 bits per heavy atom. The number of rotatable bonds is 7. The molecule has 0 bridgehead atoms. The van der Waals surface area contributed by atoms with Crippen molar-refractivity contribution in [1.82, 2.24) is 13.9 Å². The zero-order valence-corrected chi connectivity index (χ0v) is 19.4.